The highest BCUT2D eigenvalue weighted by molar-refractivity contribution is 6.18. The summed E-state index contributed by atoms with van der Waals surface area (Å²) in [4.78, 5) is 32.1. The molecule has 2 aromatic heterocycles. The normalized spacial score (nSPS) is 11.6. The van der Waals surface area contributed by atoms with E-state index in [1.807, 2.05) is 34.9 Å². The van der Waals surface area contributed by atoms with Crippen LogP contribution < -0.4 is 11.2 Å². The number of likely N-dealkylation sites (N-methyl/N-ethyl adjacent to an activating group) is 1. The highest BCUT2D eigenvalue weighted by Crippen LogP contribution is 2.15. The number of hydrogen-bond acceptors (Lipinski definition) is 4. The third kappa shape index (κ3) is 3.91. The Hall–Kier alpha value is -2.38. The third-order valence-electron chi connectivity index (χ3n) is 5.12. The number of nitrogens with zero attached hydrogens (tertiary/aromatic N) is 5. The Morgan fingerprint density at radius 1 is 1.07 bits per heavy atom. The lowest BCUT2D eigenvalue weighted by molar-refractivity contribution is 0.292. The van der Waals surface area contributed by atoms with Crippen molar-refractivity contribution in [2.45, 2.75) is 19.9 Å². The van der Waals surface area contributed by atoms with Gasteiger partial charge in [-0.15, -0.1) is 11.6 Å². The highest BCUT2D eigenvalue weighted by atomic mass is 35.5. The quantitative estimate of drug-likeness (QED) is 0.536. The molecule has 0 spiro atoms. The van der Waals surface area contributed by atoms with E-state index in [2.05, 4.69) is 16.8 Å². The molecule has 0 aliphatic carbocycles. The van der Waals surface area contributed by atoms with Crippen LogP contribution in [0.1, 0.15) is 18.3 Å². The average Bonchev–Trinajstić information content (AvgIpc) is 3.07. The molecule has 3 aromatic rings. The monoisotopic (exact) mass is 403 g/mol. The summed E-state index contributed by atoms with van der Waals surface area (Å²) in [6, 6.07) is 10.0. The van der Waals surface area contributed by atoms with Crippen LogP contribution in [0.25, 0.3) is 11.2 Å². The number of benzene rings is 1. The molecule has 7 nitrogen and oxygen atoms in total. The van der Waals surface area contributed by atoms with Crippen LogP contribution in [0.2, 0.25) is 0 Å². The van der Waals surface area contributed by atoms with Crippen LogP contribution in [0, 0.1) is 0 Å². The topological polar surface area (TPSA) is 65.1 Å². The van der Waals surface area contributed by atoms with Crippen LogP contribution in [0.15, 0.2) is 39.9 Å². The second-order valence-corrected chi connectivity index (χ2v) is 7.22. The lowest BCUT2D eigenvalue weighted by atomic mass is 10.1. The first kappa shape index (κ1) is 20.4. The summed E-state index contributed by atoms with van der Waals surface area (Å²) in [6.07, 6.45) is 0.592. The molecule has 0 aliphatic rings. The van der Waals surface area contributed by atoms with Crippen LogP contribution in [0.3, 0.4) is 0 Å². The maximum Gasteiger partial charge on any atom is 0.332 e. The molecule has 150 valence electrons. The minimum Gasteiger partial charge on any atom is -0.321 e. The predicted octanol–water partition coefficient (Wildman–Crippen LogP) is 1.59. The highest BCUT2D eigenvalue weighted by Gasteiger charge is 2.19. The Bertz CT molecular complexity index is 1070. The zero-order chi connectivity index (χ0) is 20.3. The fraction of sp³-hybridized carbons (Fsp3) is 0.450. The molecule has 0 aliphatic heterocycles. The van der Waals surface area contributed by atoms with Gasteiger partial charge in [-0.3, -0.25) is 13.9 Å². The molecule has 28 heavy (non-hydrogen) atoms. The molecule has 3 rings (SSSR count). The number of hydrogen-bond donors (Lipinski definition) is 0. The summed E-state index contributed by atoms with van der Waals surface area (Å²) < 4.78 is 4.54. The molecule has 0 saturated heterocycles. The van der Waals surface area contributed by atoms with Crippen molar-refractivity contribution in [3.8, 4) is 0 Å². The number of imidazole rings is 1. The van der Waals surface area contributed by atoms with Crippen LogP contribution in [0.4, 0.5) is 0 Å². The van der Waals surface area contributed by atoms with Gasteiger partial charge < -0.3 is 9.47 Å². The SMILES string of the molecule is CCN(CCCl)CCn1c(Cc2ccccc2)nc2c1c(=O)n(C)c(=O)n2C. The van der Waals surface area contributed by atoms with Crippen molar-refractivity contribution in [3.05, 3.63) is 62.6 Å². The zero-order valence-electron chi connectivity index (χ0n) is 16.6. The lowest BCUT2D eigenvalue weighted by Gasteiger charge is -2.20. The molecular formula is C20H26ClN5O2. The number of aromatic nitrogens is 4. The van der Waals surface area contributed by atoms with E-state index in [1.54, 1.807) is 7.05 Å². The number of aryl methyl sites for hydroxylation is 1. The van der Waals surface area contributed by atoms with E-state index in [0.29, 0.717) is 30.0 Å². The smallest absolute Gasteiger partial charge is 0.321 e. The summed E-state index contributed by atoms with van der Waals surface area (Å²) in [6.45, 7) is 5.12. The van der Waals surface area contributed by atoms with E-state index in [-0.39, 0.29) is 11.2 Å². The molecule has 0 radical (unpaired) electrons. The van der Waals surface area contributed by atoms with Crippen LogP contribution in [0.5, 0.6) is 0 Å². The van der Waals surface area contributed by atoms with Crippen LogP contribution in [-0.4, -0.2) is 49.1 Å². The summed E-state index contributed by atoms with van der Waals surface area (Å²) in [5.74, 6) is 1.34. The van der Waals surface area contributed by atoms with Gasteiger partial charge in [0, 0.05) is 46.0 Å². The summed E-state index contributed by atoms with van der Waals surface area (Å²) in [5, 5.41) is 0. The molecule has 0 unspecified atom stereocenters. The van der Waals surface area contributed by atoms with E-state index >= 15 is 0 Å². The zero-order valence-corrected chi connectivity index (χ0v) is 17.3. The maximum absolute atomic E-state index is 12.9. The maximum atomic E-state index is 12.9. The van der Waals surface area contributed by atoms with E-state index in [1.165, 1.54) is 11.6 Å². The van der Waals surface area contributed by atoms with Crippen molar-refractivity contribution < 1.29 is 0 Å². The Morgan fingerprint density at radius 3 is 2.43 bits per heavy atom. The third-order valence-corrected chi connectivity index (χ3v) is 5.29. The second-order valence-electron chi connectivity index (χ2n) is 6.84. The van der Waals surface area contributed by atoms with Crippen molar-refractivity contribution in [2.75, 3.05) is 25.5 Å². The molecule has 0 atom stereocenters. The van der Waals surface area contributed by atoms with Gasteiger partial charge >= 0.3 is 5.69 Å². The van der Waals surface area contributed by atoms with Gasteiger partial charge in [0.25, 0.3) is 5.56 Å². The molecule has 0 fully saturated rings. The van der Waals surface area contributed by atoms with Crippen molar-refractivity contribution >= 4 is 22.8 Å². The Labute approximate surface area is 168 Å². The first-order chi connectivity index (χ1) is 13.5. The number of rotatable bonds is 8. The molecule has 8 heteroatoms. The number of alkyl halides is 1. The van der Waals surface area contributed by atoms with E-state index in [4.69, 9.17) is 11.6 Å². The summed E-state index contributed by atoms with van der Waals surface area (Å²) in [7, 11) is 3.16. The van der Waals surface area contributed by atoms with Gasteiger partial charge in [0.1, 0.15) is 5.82 Å². The minimum atomic E-state index is -0.370. The van der Waals surface area contributed by atoms with Crippen molar-refractivity contribution in [2.24, 2.45) is 14.1 Å². The van der Waals surface area contributed by atoms with Crippen molar-refractivity contribution in [1.82, 2.24) is 23.6 Å². The Morgan fingerprint density at radius 2 is 1.79 bits per heavy atom. The van der Waals surface area contributed by atoms with E-state index in [9.17, 15) is 9.59 Å². The first-order valence-electron chi connectivity index (χ1n) is 9.45. The van der Waals surface area contributed by atoms with Crippen molar-refractivity contribution in [3.63, 3.8) is 0 Å². The summed E-state index contributed by atoms with van der Waals surface area (Å²) >= 11 is 5.90. The van der Waals surface area contributed by atoms with E-state index in [0.717, 1.165) is 35.6 Å². The van der Waals surface area contributed by atoms with Crippen LogP contribution in [-0.2, 0) is 27.1 Å². The van der Waals surface area contributed by atoms with Gasteiger partial charge in [-0.25, -0.2) is 9.78 Å². The molecule has 0 amide bonds. The largest absolute Gasteiger partial charge is 0.332 e. The first-order valence-corrected chi connectivity index (χ1v) is 9.98. The molecule has 0 bridgehead atoms. The fourth-order valence-electron chi connectivity index (χ4n) is 3.43. The average molecular weight is 404 g/mol. The standard InChI is InChI=1S/C20H26ClN5O2/c1-4-25(11-10-21)12-13-26-16(14-15-8-6-5-7-9-15)22-18-17(26)19(27)24(3)20(28)23(18)2/h5-9H,4,10-14H2,1-3H3. The fourth-order valence-corrected chi connectivity index (χ4v) is 3.67. The molecule has 1 aromatic carbocycles. The molecular weight excluding hydrogens is 378 g/mol. The van der Waals surface area contributed by atoms with Gasteiger partial charge in [0.15, 0.2) is 11.2 Å². The van der Waals surface area contributed by atoms with Crippen LogP contribution >= 0.6 is 11.6 Å². The summed E-state index contributed by atoms with van der Waals surface area (Å²) in [5.41, 5.74) is 1.32. The number of fused-ring (bicyclic) bond motifs is 1. The van der Waals surface area contributed by atoms with Crippen molar-refractivity contribution in [1.29, 1.82) is 0 Å². The Balaban J connectivity index is 2.12. The van der Waals surface area contributed by atoms with Gasteiger partial charge in [0.05, 0.1) is 0 Å². The van der Waals surface area contributed by atoms with E-state index < -0.39 is 0 Å². The molecule has 2 heterocycles. The van der Waals surface area contributed by atoms with Gasteiger partial charge in [-0.05, 0) is 12.1 Å². The minimum absolute atomic E-state index is 0.315. The number of halogens is 1. The molecule has 0 N–H and O–H groups in total. The van der Waals surface area contributed by atoms with Gasteiger partial charge in [-0.1, -0.05) is 37.3 Å². The van der Waals surface area contributed by atoms with Gasteiger partial charge in [-0.2, -0.15) is 0 Å². The Kier molecular flexibility index (Phi) is 6.36. The lowest BCUT2D eigenvalue weighted by Crippen LogP contribution is -2.38. The second kappa shape index (κ2) is 8.75. The predicted molar refractivity (Wildman–Crippen MR) is 112 cm³/mol. The molecule has 0 saturated carbocycles. The van der Waals surface area contributed by atoms with Gasteiger partial charge in [0.2, 0.25) is 0 Å².